The van der Waals surface area contributed by atoms with Crippen LogP contribution in [0.25, 0.3) is 21.8 Å². The number of hydrogen-bond donors (Lipinski definition) is 0. The van der Waals surface area contributed by atoms with Gasteiger partial charge in [-0.05, 0) is 24.3 Å². The highest BCUT2D eigenvalue weighted by atomic mass is 16.7. The average molecular weight is 286 g/mol. The monoisotopic (exact) mass is 286 g/mol. The summed E-state index contributed by atoms with van der Waals surface area (Å²) < 4.78 is 13.0. The van der Waals surface area contributed by atoms with Crippen LogP contribution in [0.4, 0.5) is 0 Å². The molecule has 0 aliphatic heterocycles. The first-order valence-electron chi connectivity index (χ1n) is 7.12. The lowest BCUT2D eigenvalue weighted by Gasteiger charge is -2.09. The van der Waals surface area contributed by atoms with Crippen molar-refractivity contribution in [1.29, 1.82) is 0 Å². The number of aromatic nitrogens is 1. The van der Waals surface area contributed by atoms with E-state index < -0.39 is 0 Å². The molecule has 1 heterocycles. The molecule has 0 atom stereocenters. The maximum absolute atomic E-state index is 5.75. The number of para-hydroxylation sites is 3. The molecule has 105 valence electrons. The molecule has 3 nitrogen and oxygen atoms in total. The van der Waals surface area contributed by atoms with Gasteiger partial charge in [0.05, 0.1) is 11.0 Å². The van der Waals surface area contributed by atoms with Crippen molar-refractivity contribution in [1.82, 2.24) is 4.73 Å². The molecule has 0 N–H and O–H groups in total. The molecule has 4 rings (SSSR count). The molecule has 0 saturated heterocycles. The lowest BCUT2D eigenvalue weighted by Crippen LogP contribution is -2.20. The van der Waals surface area contributed by atoms with Gasteiger partial charge in [-0.2, -0.15) is 4.73 Å². The summed E-state index contributed by atoms with van der Waals surface area (Å²) in [5.41, 5.74) is 2.02. The van der Waals surface area contributed by atoms with Crippen molar-refractivity contribution in [2.45, 2.75) is 0 Å². The summed E-state index contributed by atoms with van der Waals surface area (Å²) in [5, 5.41) is 2.32. The largest absolute Gasteiger partial charge is 0.680 e. The molecule has 0 saturated carbocycles. The molecule has 4 aromatic rings. The Morgan fingerprint density at radius 2 is 1.18 bits per heavy atom. The van der Waals surface area contributed by atoms with Gasteiger partial charge in [0.1, 0.15) is 5.75 Å². The molecular weight excluding hydrogens is 273 g/mol. The van der Waals surface area contributed by atoms with E-state index in [1.807, 2.05) is 66.7 Å². The fraction of sp³-hybridized carbons (Fsp3) is 0. The zero-order valence-electron chi connectivity index (χ0n) is 11.8. The molecule has 22 heavy (non-hydrogen) atoms. The third kappa shape index (κ3) is 2.19. The minimum atomic E-state index is 0.739. The maximum Gasteiger partial charge on any atom is 0.680 e. The van der Waals surface area contributed by atoms with Crippen molar-refractivity contribution in [2.24, 2.45) is 0 Å². The molecule has 0 spiro atoms. The van der Waals surface area contributed by atoms with Crippen LogP contribution in [0.5, 0.6) is 5.75 Å². The summed E-state index contributed by atoms with van der Waals surface area (Å²) in [6.07, 6.45) is 0. The van der Waals surface area contributed by atoms with Gasteiger partial charge < -0.3 is 9.41 Å². The van der Waals surface area contributed by atoms with Crippen molar-refractivity contribution < 1.29 is 9.41 Å². The summed E-state index contributed by atoms with van der Waals surface area (Å²) in [7, 11) is 1.36. The molecule has 1 aromatic heterocycles. The Morgan fingerprint density at radius 1 is 0.636 bits per heavy atom. The SMILES string of the molecule is [B](Oc1ccccc1)On1c2ccccc2c2ccccc21. The van der Waals surface area contributed by atoms with Crippen LogP contribution in [0.15, 0.2) is 78.9 Å². The predicted molar refractivity (Wildman–Crippen MR) is 88.8 cm³/mol. The van der Waals surface area contributed by atoms with Gasteiger partial charge in [0.25, 0.3) is 0 Å². The molecule has 0 aliphatic carbocycles. The fourth-order valence-corrected chi connectivity index (χ4v) is 2.62. The standard InChI is InChI=1S/C18H13BNO2/c1-2-8-14(9-3-1)21-19-22-20-17-12-6-4-10-15(17)16-11-5-7-13-18(16)20/h1-13H. The van der Waals surface area contributed by atoms with Gasteiger partial charge in [-0.15, -0.1) is 0 Å². The van der Waals surface area contributed by atoms with Crippen LogP contribution in [-0.2, 0) is 0 Å². The zero-order chi connectivity index (χ0) is 14.8. The van der Waals surface area contributed by atoms with Crippen molar-refractivity contribution in [3.63, 3.8) is 0 Å². The van der Waals surface area contributed by atoms with Crippen LogP contribution >= 0.6 is 0 Å². The second-order valence-electron chi connectivity index (χ2n) is 4.96. The zero-order valence-corrected chi connectivity index (χ0v) is 11.8. The highest BCUT2D eigenvalue weighted by Crippen LogP contribution is 2.27. The first-order chi connectivity index (χ1) is 10.9. The summed E-state index contributed by atoms with van der Waals surface area (Å²) in [6.45, 7) is 0. The topological polar surface area (TPSA) is 23.4 Å². The lowest BCUT2D eigenvalue weighted by molar-refractivity contribution is 0.277. The van der Waals surface area contributed by atoms with E-state index in [4.69, 9.17) is 9.41 Å². The Kier molecular flexibility index (Phi) is 3.20. The minimum Gasteiger partial charge on any atom is -0.525 e. The van der Waals surface area contributed by atoms with Gasteiger partial charge >= 0.3 is 7.69 Å². The Morgan fingerprint density at radius 3 is 1.82 bits per heavy atom. The highest BCUT2D eigenvalue weighted by Gasteiger charge is 2.11. The molecule has 3 aromatic carbocycles. The van der Waals surface area contributed by atoms with E-state index in [9.17, 15) is 0 Å². The number of rotatable bonds is 4. The van der Waals surface area contributed by atoms with Gasteiger partial charge in [-0.3, -0.25) is 0 Å². The van der Waals surface area contributed by atoms with E-state index in [-0.39, 0.29) is 0 Å². The number of fused-ring (bicyclic) bond motifs is 3. The quantitative estimate of drug-likeness (QED) is 0.532. The fourth-order valence-electron chi connectivity index (χ4n) is 2.62. The van der Waals surface area contributed by atoms with Crippen molar-refractivity contribution in [2.75, 3.05) is 0 Å². The van der Waals surface area contributed by atoms with E-state index >= 15 is 0 Å². The van der Waals surface area contributed by atoms with Crippen LogP contribution in [0.2, 0.25) is 0 Å². The molecular formula is C18H13BNO2. The Balaban J connectivity index is 1.68. The summed E-state index contributed by atoms with van der Waals surface area (Å²) in [6, 6.07) is 25.9. The third-order valence-electron chi connectivity index (χ3n) is 3.61. The summed E-state index contributed by atoms with van der Waals surface area (Å²) in [4.78, 5) is 0. The summed E-state index contributed by atoms with van der Waals surface area (Å²) >= 11 is 0. The molecule has 4 heteroatoms. The molecule has 0 amide bonds. The Hall–Kier alpha value is -2.88. The van der Waals surface area contributed by atoms with E-state index in [0.717, 1.165) is 27.6 Å². The van der Waals surface area contributed by atoms with Gasteiger partial charge in [-0.25, -0.2) is 0 Å². The van der Waals surface area contributed by atoms with Crippen molar-refractivity contribution >= 4 is 29.5 Å². The average Bonchev–Trinajstić information content (AvgIpc) is 2.91. The normalized spacial score (nSPS) is 10.7. The second kappa shape index (κ2) is 5.49. The van der Waals surface area contributed by atoms with Gasteiger partial charge in [0.15, 0.2) is 0 Å². The number of hydrogen-bond acceptors (Lipinski definition) is 2. The van der Waals surface area contributed by atoms with E-state index in [1.165, 1.54) is 7.69 Å². The Bertz CT molecular complexity index is 865. The highest BCUT2D eigenvalue weighted by molar-refractivity contribution is 6.20. The maximum atomic E-state index is 5.75. The van der Waals surface area contributed by atoms with Gasteiger partial charge in [-0.1, -0.05) is 54.6 Å². The number of benzene rings is 3. The lowest BCUT2D eigenvalue weighted by atomic mass is 10.2. The van der Waals surface area contributed by atoms with Gasteiger partial charge in [0.2, 0.25) is 0 Å². The smallest absolute Gasteiger partial charge is 0.525 e. The van der Waals surface area contributed by atoms with Crippen molar-refractivity contribution in [3.05, 3.63) is 78.9 Å². The first-order valence-corrected chi connectivity index (χ1v) is 7.12. The van der Waals surface area contributed by atoms with Crippen LogP contribution < -0.4 is 9.41 Å². The van der Waals surface area contributed by atoms with E-state index in [2.05, 4.69) is 12.1 Å². The number of nitrogens with zero attached hydrogens (tertiary/aromatic N) is 1. The van der Waals surface area contributed by atoms with Crippen LogP contribution in [0.1, 0.15) is 0 Å². The van der Waals surface area contributed by atoms with Crippen LogP contribution in [-0.4, -0.2) is 12.4 Å². The van der Waals surface area contributed by atoms with Crippen LogP contribution in [0.3, 0.4) is 0 Å². The third-order valence-corrected chi connectivity index (χ3v) is 3.61. The molecule has 1 radical (unpaired) electrons. The van der Waals surface area contributed by atoms with Crippen LogP contribution in [0, 0.1) is 0 Å². The Labute approximate surface area is 129 Å². The van der Waals surface area contributed by atoms with E-state index in [0.29, 0.717) is 0 Å². The molecule has 0 unspecified atom stereocenters. The second-order valence-corrected chi connectivity index (χ2v) is 4.96. The molecule has 0 bridgehead atoms. The first kappa shape index (κ1) is 12.8. The van der Waals surface area contributed by atoms with Crippen molar-refractivity contribution in [3.8, 4) is 5.75 Å². The summed E-state index contributed by atoms with van der Waals surface area (Å²) in [5.74, 6) is 0.739. The predicted octanol–water partition coefficient (Wildman–Crippen LogP) is 3.84. The molecule has 0 fully saturated rings. The molecule has 0 aliphatic rings. The van der Waals surface area contributed by atoms with Gasteiger partial charge in [0, 0.05) is 10.8 Å². The van der Waals surface area contributed by atoms with E-state index in [1.54, 1.807) is 4.73 Å². The minimum absolute atomic E-state index is 0.739.